The largest absolute Gasteiger partial charge is 0.335 e. The Kier molecular flexibility index (Phi) is 4.19. The predicted molar refractivity (Wildman–Crippen MR) is 82.5 cm³/mol. The Bertz CT molecular complexity index is 491. The fraction of sp³-hybridized carbons (Fsp3) is 0.533. The summed E-state index contributed by atoms with van der Waals surface area (Å²) >= 11 is 1.71. The van der Waals surface area contributed by atoms with Crippen molar-refractivity contribution in [1.82, 2.24) is 0 Å². The number of nitrogens with one attached hydrogen (secondary N) is 1. The second-order valence-electron chi connectivity index (χ2n) is 5.99. The van der Waals surface area contributed by atoms with Crippen LogP contribution in [-0.2, 0) is 0 Å². The fourth-order valence-electron chi connectivity index (χ4n) is 2.06. The molecule has 1 aromatic carbocycles. The highest BCUT2D eigenvalue weighted by molar-refractivity contribution is 8.14. The average Bonchev–Trinajstić information content (AvgIpc) is 2.34. The van der Waals surface area contributed by atoms with Gasteiger partial charge in [-0.15, -0.1) is 0 Å². The van der Waals surface area contributed by atoms with Gasteiger partial charge in [0.1, 0.15) is 5.82 Å². The van der Waals surface area contributed by atoms with Crippen LogP contribution in [0.3, 0.4) is 0 Å². The lowest BCUT2D eigenvalue weighted by Gasteiger charge is -2.31. The van der Waals surface area contributed by atoms with E-state index in [0.29, 0.717) is 11.6 Å². The third kappa shape index (κ3) is 3.50. The number of thioether (sulfide) groups is 1. The molecular weight excluding hydrogens is 259 g/mol. The molecule has 0 saturated heterocycles. The Balaban J connectivity index is 2.19. The highest BCUT2D eigenvalue weighted by Crippen LogP contribution is 2.31. The summed E-state index contributed by atoms with van der Waals surface area (Å²) in [6.45, 7) is 8.42. The van der Waals surface area contributed by atoms with Crippen LogP contribution in [0.2, 0.25) is 0 Å². The van der Waals surface area contributed by atoms with Gasteiger partial charge in [0.15, 0.2) is 5.17 Å². The molecule has 1 heterocycles. The van der Waals surface area contributed by atoms with Crippen molar-refractivity contribution in [3.63, 3.8) is 0 Å². The Morgan fingerprint density at radius 2 is 2.11 bits per heavy atom. The first-order chi connectivity index (χ1) is 8.88. The summed E-state index contributed by atoms with van der Waals surface area (Å²) in [5.41, 5.74) is 1.62. The molecule has 0 spiro atoms. The minimum atomic E-state index is -0.182. The smallest absolute Gasteiger partial charge is 0.161 e. The molecule has 1 unspecified atom stereocenters. The van der Waals surface area contributed by atoms with Gasteiger partial charge in [-0.1, -0.05) is 38.6 Å². The number of anilines is 1. The first kappa shape index (κ1) is 14.4. The van der Waals surface area contributed by atoms with Gasteiger partial charge in [-0.3, -0.25) is 4.99 Å². The summed E-state index contributed by atoms with van der Waals surface area (Å²) in [6.07, 6.45) is 1.10. The van der Waals surface area contributed by atoms with Gasteiger partial charge in [0.25, 0.3) is 0 Å². The summed E-state index contributed by atoms with van der Waals surface area (Å²) < 4.78 is 13.5. The minimum absolute atomic E-state index is 0.172. The minimum Gasteiger partial charge on any atom is -0.335 e. The van der Waals surface area contributed by atoms with E-state index in [1.54, 1.807) is 24.8 Å². The van der Waals surface area contributed by atoms with Crippen molar-refractivity contribution < 1.29 is 4.39 Å². The van der Waals surface area contributed by atoms with Crippen LogP contribution in [0.1, 0.15) is 32.8 Å². The highest BCUT2D eigenvalue weighted by atomic mass is 32.2. The lowest BCUT2D eigenvalue weighted by Crippen LogP contribution is -2.30. The zero-order chi connectivity index (χ0) is 14.0. The molecule has 4 heteroatoms. The number of aliphatic imine (C=N–C) groups is 1. The third-order valence-corrected chi connectivity index (χ3v) is 4.33. The Morgan fingerprint density at radius 3 is 2.79 bits per heavy atom. The topological polar surface area (TPSA) is 24.4 Å². The van der Waals surface area contributed by atoms with Crippen LogP contribution >= 0.6 is 11.8 Å². The van der Waals surface area contributed by atoms with Crippen molar-refractivity contribution in [2.24, 2.45) is 10.4 Å². The van der Waals surface area contributed by atoms with Crippen LogP contribution in [0.15, 0.2) is 23.2 Å². The van der Waals surface area contributed by atoms with Crippen LogP contribution in [0.25, 0.3) is 0 Å². The Morgan fingerprint density at radius 1 is 1.37 bits per heavy atom. The van der Waals surface area contributed by atoms with Gasteiger partial charge < -0.3 is 5.32 Å². The molecule has 0 aromatic heterocycles. The van der Waals surface area contributed by atoms with E-state index >= 15 is 0 Å². The quantitative estimate of drug-likeness (QED) is 0.821. The molecular formula is C15H21FN2S. The summed E-state index contributed by atoms with van der Waals surface area (Å²) in [7, 11) is 0. The zero-order valence-electron chi connectivity index (χ0n) is 12.0. The summed E-state index contributed by atoms with van der Waals surface area (Å²) in [5.74, 6) is 0.876. The molecule has 0 fully saturated rings. The van der Waals surface area contributed by atoms with Gasteiger partial charge in [-0.05, 0) is 30.9 Å². The van der Waals surface area contributed by atoms with E-state index in [9.17, 15) is 4.39 Å². The van der Waals surface area contributed by atoms with Crippen LogP contribution < -0.4 is 5.32 Å². The first-order valence-corrected chi connectivity index (χ1v) is 7.59. The Hall–Kier alpha value is -1.03. The molecule has 104 valence electrons. The first-order valence-electron chi connectivity index (χ1n) is 6.60. The molecule has 2 rings (SSSR count). The van der Waals surface area contributed by atoms with Crippen LogP contribution in [-0.4, -0.2) is 17.0 Å². The maximum atomic E-state index is 13.5. The second-order valence-corrected chi connectivity index (χ2v) is 7.07. The van der Waals surface area contributed by atoms with Crippen molar-refractivity contribution >= 4 is 22.6 Å². The van der Waals surface area contributed by atoms with Gasteiger partial charge >= 0.3 is 0 Å². The van der Waals surface area contributed by atoms with Crippen LogP contribution in [0.5, 0.6) is 0 Å². The number of halogens is 1. The van der Waals surface area contributed by atoms with Gasteiger partial charge in [0.05, 0.1) is 6.04 Å². The monoisotopic (exact) mass is 280 g/mol. The van der Waals surface area contributed by atoms with Crippen LogP contribution in [0.4, 0.5) is 10.1 Å². The maximum Gasteiger partial charge on any atom is 0.161 e. The summed E-state index contributed by atoms with van der Waals surface area (Å²) in [4.78, 5) is 4.77. The lowest BCUT2D eigenvalue weighted by atomic mass is 9.85. The number of nitrogens with zero attached hydrogens (tertiary/aromatic N) is 1. The van der Waals surface area contributed by atoms with E-state index in [1.165, 1.54) is 6.07 Å². The fourth-order valence-corrected chi connectivity index (χ4v) is 2.98. The molecule has 0 saturated carbocycles. The molecule has 1 aliphatic heterocycles. The van der Waals surface area contributed by atoms with Crippen molar-refractivity contribution in [2.75, 3.05) is 11.1 Å². The average molecular weight is 280 g/mol. The van der Waals surface area contributed by atoms with E-state index in [-0.39, 0.29) is 11.2 Å². The van der Waals surface area contributed by atoms with E-state index in [0.717, 1.165) is 23.0 Å². The maximum absolute atomic E-state index is 13.5. The van der Waals surface area contributed by atoms with E-state index in [1.807, 2.05) is 6.07 Å². The SMILES string of the molecule is Cc1c(F)cccc1NC1=NC(C(C)(C)C)CCS1. The molecule has 1 aliphatic rings. The molecule has 0 bridgehead atoms. The Labute approximate surface area is 118 Å². The van der Waals surface area contributed by atoms with Crippen LogP contribution in [0, 0.1) is 18.2 Å². The van der Waals surface area contributed by atoms with Gasteiger partial charge in [0, 0.05) is 17.0 Å². The summed E-state index contributed by atoms with van der Waals surface area (Å²) in [6, 6.07) is 5.42. The molecule has 0 radical (unpaired) electrons. The molecule has 1 aromatic rings. The third-order valence-electron chi connectivity index (χ3n) is 3.41. The molecule has 2 nitrogen and oxygen atoms in total. The number of hydrogen-bond acceptors (Lipinski definition) is 3. The van der Waals surface area contributed by atoms with Crippen molar-refractivity contribution in [3.05, 3.63) is 29.6 Å². The van der Waals surface area contributed by atoms with Gasteiger partial charge in [-0.25, -0.2) is 4.39 Å². The molecule has 19 heavy (non-hydrogen) atoms. The predicted octanol–water partition coefficient (Wildman–Crippen LogP) is 4.45. The molecule has 1 atom stereocenters. The zero-order valence-corrected chi connectivity index (χ0v) is 12.8. The van der Waals surface area contributed by atoms with Crippen molar-refractivity contribution in [2.45, 2.75) is 40.2 Å². The van der Waals surface area contributed by atoms with E-state index in [4.69, 9.17) is 4.99 Å². The van der Waals surface area contributed by atoms with Gasteiger partial charge in [0.2, 0.25) is 0 Å². The number of rotatable bonds is 1. The number of hydrogen-bond donors (Lipinski definition) is 1. The normalized spacial score (nSPS) is 20.1. The highest BCUT2D eigenvalue weighted by Gasteiger charge is 2.27. The standard InChI is InChI=1S/C15H21FN2S/c1-10-11(16)6-5-7-12(10)17-14-18-13(8-9-19-14)15(2,3)4/h5-7,13H,8-9H2,1-4H3,(H,17,18). The van der Waals surface area contributed by atoms with E-state index in [2.05, 4.69) is 26.1 Å². The van der Waals surface area contributed by atoms with Crippen molar-refractivity contribution in [1.29, 1.82) is 0 Å². The van der Waals surface area contributed by atoms with Crippen molar-refractivity contribution in [3.8, 4) is 0 Å². The number of benzene rings is 1. The summed E-state index contributed by atoms with van der Waals surface area (Å²) in [5, 5.41) is 4.17. The number of amidine groups is 1. The molecule has 0 amide bonds. The van der Waals surface area contributed by atoms with Gasteiger partial charge in [-0.2, -0.15) is 0 Å². The molecule has 0 aliphatic carbocycles. The second kappa shape index (κ2) is 5.53. The lowest BCUT2D eigenvalue weighted by molar-refractivity contribution is 0.316. The molecule has 1 N–H and O–H groups in total. The van der Waals surface area contributed by atoms with E-state index < -0.39 is 0 Å².